The first-order chi connectivity index (χ1) is 12.3. The number of aromatic nitrogens is 3. The van der Waals surface area contributed by atoms with Crippen LogP contribution in [0.4, 0.5) is 0 Å². The molecule has 0 unspecified atom stereocenters. The van der Waals surface area contributed by atoms with Crippen molar-refractivity contribution in [3.63, 3.8) is 0 Å². The molecule has 122 valence electrons. The summed E-state index contributed by atoms with van der Waals surface area (Å²) in [6, 6.07) is 17.4. The van der Waals surface area contributed by atoms with Gasteiger partial charge in [0.1, 0.15) is 0 Å². The summed E-state index contributed by atoms with van der Waals surface area (Å²) in [5, 5.41) is 15.2. The average molecular weight is 348 g/mol. The van der Waals surface area contributed by atoms with Gasteiger partial charge in [-0.3, -0.25) is 0 Å². The number of nitrogens with zero attached hydrogens (tertiary/aromatic N) is 4. The Kier molecular flexibility index (Phi) is 4.14. The van der Waals surface area contributed by atoms with E-state index in [1.807, 2.05) is 71.7 Å². The fraction of sp³-hybridized carbons (Fsp3) is 0. The van der Waals surface area contributed by atoms with E-state index in [0.717, 1.165) is 27.5 Å². The number of rotatable bonds is 3. The van der Waals surface area contributed by atoms with E-state index in [9.17, 15) is 0 Å². The van der Waals surface area contributed by atoms with Crippen molar-refractivity contribution in [1.82, 2.24) is 14.8 Å². The molecule has 25 heavy (non-hydrogen) atoms. The molecule has 6 heteroatoms. The van der Waals surface area contributed by atoms with Gasteiger partial charge in [0.25, 0.3) is 0 Å². The van der Waals surface area contributed by atoms with Crippen molar-refractivity contribution in [3.05, 3.63) is 89.1 Å². The molecule has 0 fully saturated rings. The zero-order valence-corrected chi connectivity index (χ0v) is 13.9. The smallest absolute Gasteiger partial charge is 0.0964 e. The van der Waals surface area contributed by atoms with Gasteiger partial charge in [-0.25, -0.2) is 4.68 Å². The summed E-state index contributed by atoms with van der Waals surface area (Å²) >= 11 is 6.02. The summed E-state index contributed by atoms with van der Waals surface area (Å²) in [5.41, 5.74) is 2.89. The molecule has 0 bridgehead atoms. The van der Waals surface area contributed by atoms with Gasteiger partial charge in [-0.1, -0.05) is 23.7 Å². The zero-order chi connectivity index (χ0) is 17.1. The highest BCUT2D eigenvalue weighted by molar-refractivity contribution is 6.31. The van der Waals surface area contributed by atoms with Crippen molar-refractivity contribution in [2.75, 3.05) is 0 Å². The molecule has 0 spiro atoms. The molecule has 2 heterocycles. The van der Waals surface area contributed by atoms with Crippen LogP contribution in [-0.2, 0) is 0 Å². The molecular weight excluding hydrogens is 334 g/mol. The van der Waals surface area contributed by atoms with Crippen LogP contribution in [0.3, 0.4) is 0 Å². The first kappa shape index (κ1) is 15.4. The van der Waals surface area contributed by atoms with Gasteiger partial charge in [-0.15, -0.1) is 0 Å². The Morgan fingerprint density at radius 2 is 1.96 bits per heavy atom. The molecule has 0 saturated carbocycles. The van der Waals surface area contributed by atoms with E-state index in [1.165, 1.54) is 0 Å². The number of hydrogen-bond acceptors (Lipinski definition) is 3. The van der Waals surface area contributed by atoms with Gasteiger partial charge in [0.2, 0.25) is 0 Å². The fourth-order valence-electron chi connectivity index (χ4n) is 2.54. The minimum atomic E-state index is 0.682. The summed E-state index contributed by atoms with van der Waals surface area (Å²) in [5.74, 6) is 0. The highest BCUT2D eigenvalue weighted by Gasteiger charge is 1.97. The topological polar surface area (TPSA) is 58.3 Å². The Bertz CT molecular complexity index is 1090. The number of pyridine rings is 1. The number of nitrogens with one attached hydrogen (secondary N) is 1. The molecular formula is C19H14ClN5. The number of hydrogen-bond donors (Lipinski definition) is 1. The van der Waals surface area contributed by atoms with Crippen LogP contribution >= 0.6 is 11.6 Å². The second-order valence-corrected chi connectivity index (χ2v) is 5.88. The average Bonchev–Trinajstić information content (AvgIpc) is 3.17. The Hall–Kier alpha value is -3.18. The van der Waals surface area contributed by atoms with Crippen LogP contribution in [0.5, 0.6) is 0 Å². The number of aromatic amines is 1. The van der Waals surface area contributed by atoms with Gasteiger partial charge in [0.15, 0.2) is 0 Å². The molecule has 0 radical (unpaired) electrons. The maximum absolute atomic E-state index is 6.02. The summed E-state index contributed by atoms with van der Waals surface area (Å²) in [7, 11) is 0. The summed E-state index contributed by atoms with van der Waals surface area (Å²) < 4.78 is 1.81. The van der Waals surface area contributed by atoms with Gasteiger partial charge in [0, 0.05) is 34.5 Å². The van der Waals surface area contributed by atoms with Gasteiger partial charge in [-0.05, 0) is 48.0 Å². The fourth-order valence-corrected chi connectivity index (χ4v) is 2.71. The first-order valence-electron chi connectivity index (χ1n) is 7.74. The van der Waals surface area contributed by atoms with Crippen LogP contribution in [-0.4, -0.2) is 21.0 Å². The molecule has 0 amide bonds. The van der Waals surface area contributed by atoms with E-state index >= 15 is 0 Å². The first-order valence-corrected chi connectivity index (χ1v) is 8.11. The van der Waals surface area contributed by atoms with E-state index in [0.29, 0.717) is 5.02 Å². The van der Waals surface area contributed by atoms with Gasteiger partial charge in [-0.2, -0.15) is 15.3 Å². The molecule has 0 saturated heterocycles. The van der Waals surface area contributed by atoms with Crippen molar-refractivity contribution in [3.8, 4) is 5.69 Å². The Labute approximate surface area is 148 Å². The molecule has 0 atom stereocenters. The molecule has 0 aliphatic rings. The van der Waals surface area contributed by atoms with E-state index in [1.54, 1.807) is 12.4 Å². The van der Waals surface area contributed by atoms with Crippen molar-refractivity contribution < 1.29 is 0 Å². The second-order valence-electron chi connectivity index (χ2n) is 5.44. The lowest BCUT2D eigenvalue weighted by molar-refractivity contribution is 0.880. The maximum atomic E-state index is 6.02. The summed E-state index contributed by atoms with van der Waals surface area (Å²) in [4.78, 5) is 3.16. The molecule has 2 aromatic carbocycles. The standard InChI is InChI=1S/C19H14ClN5/c20-15-4-7-17-18(8-10-21-19(17)12-15)24-22-13-14-2-5-16(6-3-14)25-11-1-9-23-25/h1-13H,(H,21,24)/b22-13+. The van der Waals surface area contributed by atoms with E-state index in [2.05, 4.69) is 20.3 Å². The Morgan fingerprint density at radius 1 is 1.08 bits per heavy atom. The van der Waals surface area contributed by atoms with Crippen LogP contribution < -0.4 is 5.36 Å². The summed E-state index contributed by atoms with van der Waals surface area (Å²) in [6.45, 7) is 0. The molecule has 4 aromatic rings. The Balaban J connectivity index is 1.61. The van der Waals surface area contributed by atoms with Crippen LogP contribution in [0, 0.1) is 0 Å². The Morgan fingerprint density at radius 3 is 2.76 bits per heavy atom. The lowest BCUT2D eigenvalue weighted by atomic mass is 10.2. The molecule has 0 aliphatic heterocycles. The van der Waals surface area contributed by atoms with Crippen LogP contribution in [0.15, 0.2) is 83.4 Å². The lowest BCUT2D eigenvalue weighted by Gasteiger charge is -2.00. The largest absolute Gasteiger partial charge is 0.361 e. The zero-order valence-electron chi connectivity index (χ0n) is 13.2. The van der Waals surface area contributed by atoms with Crippen LogP contribution in [0.1, 0.15) is 5.56 Å². The van der Waals surface area contributed by atoms with Gasteiger partial charge in [0.05, 0.1) is 17.3 Å². The third-order valence-corrected chi connectivity index (χ3v) is 4.01. The second kappa shape index (κ2) is 6.75. The minimum absolute atomic E-state index is 0.682. The van der Waals surface area contributed by atoms with E-state index < -0.39 is 0 Å². The van der Waals surface area contributed by atoms with Crippen molar-refractivity contribution in [2.24, 2.45) is 10.2 Å². The quantitative estimate of drug-likeness (QED) is 0.443. The van der Waals surface area contributed by atoms with Gasteiger partial charge >= 0.3 is 0 Å². The molecule has 0 aliphatic carbocycles. The molecule has 4 rings (SSSR count). The minimum Gasteiger partial charge on any atom is -0.361 e. The highest BCUT2D eigenvalue weighted by Crippen LogP contribution is 2.14. The molecule has 5 nitrogen and oxygen atoms in total. The predicted molar refractivity (Wildman–Crippen MR) is 100 cm³/mol. The third-order valence-electron chi connectivity index (χ3n) is 3.77. The van der Waals surface area contributed by atoms with Crippen molar-refractivity contribution >= 4 is 28.7 Å². The molecule has 1 N–H and O–H groups in total. The number of H-pyrrole nitrogens is 1. The number of fused-ring (bicyclic) bond motifs is 1. The lowest BCUT2D eigenvalue weighted by Crippen LogP contribution is -2.02. The van der Waals surface area contributed by atoms with Gasteiger partial charge < -0.3 is 4.98 Å². The van der Waals surface area contributed by atoms with Crippen LogP contribution in [0.2, 0.25) is 5.02 Å². The van der Waals surface area contributed by atoms with Crippen LogP contribution in [0.25, 0.3) is 16.6 Å². The van der Waals surface area contributed by atoms with E-state index in [-0.39, 0.29) is 0 Å². The summed E-state index contributed by atoms with van der Waals surface area (Å²) in [6.07, 6.45) is 7.21. The number of benzene rings is 2. The molecule has 2 aromatic heterocycles. The third kappa shape index (κ3) is 3.36. The monoisotopic (exact) mass is 347 g/mol. The van der Waals surface area contributed by atoms with Crippen molar-refractivity contribution in [1.29, 1.82) is 0 Å². The highest BCUT2D eigenvalue weighted by atomic mass is 35.5. The SMILES string of the molecule is Clc1ccc2/c(=N/N=C/c3ccc(-n4cccn4)cc3)cc[nH]c2c1. The van der Waals surface area contributed by atoms with Crippen molar-refractivity contribution in [2.45, 2.75) is 0 Å². The predicted octanol–water partition coefficient (Wildman–Crippen LogP) is 3.94. The normalized spacial score (nSPS) is 12.3. The van der Waals surface area contributed by atoms with E-state index in [4.69, 9.17) is 11.6 Å². The maximum Gasteiger partial charge on any atom is 0.0964 e. The number of halogens is 1.